The van der Waals surface area contributed by atoms with Crippen molar-refractivity contribution >= 4 is 62.0 Å². The molecule has 0 amide bonds. The van der Waals surface area contributed by atoms with Gasteiger partial charge in [0.05, 0.1) is 10.4 Å². The first-order chi connectivity index (χ1) is 14.0. The fraction of sp³-hybridized carbons (Fsp3) is 0.227. The molecule has 0 bridgehead atoms. The number of aromatic nitrogens is 2. The SMILES string of the molecule is Cl.Cl.NC1CCN(c2ccc3n[nH]c(S(=O)(=O)c4cccc5ccccc45)c3c2)CC1. The highest BCUT2D eigenvalue weighted by atomic mass is 35.5. The summed E-state index contributed by atoms with van der Waals surface area (Å²) in [6.07, 6.45) is 1.87. The first-order valence-corrected chi connectivity index (χ1v) is 11.2. The van der Waals surface area contributed by atoms with Crippen LogP contribution >= 0.6 is 24.8 Å². The van der Waals surface area contributed by atoms with Gasteiger partial charge >= 0.3 is 0 Å². The van der Waals surface area contributed by atoms with Gasteiger partial charge in [0.2, 0.25) is 9.84 Å². The summed E-state index contributed by atoms with van der Waals surface area (Å²) in [5.74, 6) is 0. The van der Waals surface area contributed by atoms with Gasteiger partial charge in [-0.2, -0.15) is 5.10 Å². The number of hydrogen-bond donors (Lipinski definition) is 2. The van der Waals surface area contributed by atoms with Crippen molar-refractivity contribution in [3.05, 3.63) is 60.7 Å². The molecule has 0 atom stereocenters. The molecule has 31 heavy (non-hydrogen) atoms. The van der Waals surface area contributed by atoms with Crippen LogP contribution in [0, 0.1) is 0 Å². The number of H-pyrrole nitrogens is 1. The molecule has 5 rings (SSSR count). The van der Waals surface area contributed by atoms with Crippen molar-refractivity contribution in [1.82, 2.24) is 10.2 Å². The lowest BCUT2D eigenvalue weighted by atomic mass is 10.1. The lowest BCUT2D eigenvalue weighted by molar-refractivity contribution is 0.501. The molecule has 0 saturated carbocycles. The topological polar surface area (TPSA) is 92.1 Å². The Hall–Kier alpha value is -2.32. The van der Waals surface area contributed by atoms with E-state index in [-0.39, 0.29) is 40.8 Å². The third-order valence-corrected chi connectivity index (χ3v) is 7.50. The van der Waals surface area contributed by atoms with E-state index in [1.807, 2.05) is 48.5 Å². The lowest BCUT2D eigenvalue weighted by Crippen LogP contribution is -2.39. The second kappa shape index (κ2) is 9.04. The Morgan fingerprint density at radius 1 is 0.935 bits per heavy atom. The minimum absolute atomic E-state index is 0. The van der Waals surface area contributed by atoms with Crippen LogP contribution in [0.2, 0.25) is 0 Å². The molecule has 0 aliphatic carbocycles. The van der Waals surface area contributed by atoms with E-state index in [4.69, 9.17) is 5.73 Å². The summed E-state index contributed by atoms with van der Waals surface area (Å²) in [5.41, 5.74) is 7.66. The summed E-state index contributed by atoms with van der Waals surface area (Å²) in [4.78, 5) is 2.54. The number of aromatic amines is 1. The van der Waals surface area contributed by atoms with E-state index in [1.54, 1.807) is 12.1 Å². The fourth-order valence-corrected chi connectivity index (χ4v) is 5.65. The summed E-state index contributed by atoms with van der Waals surface area (Å²) in [5, 5.41) is 9.38. The van der Waals surface area contributed by atoms with Gasteiger partial charge in [0.1, 0.15) is 0 Å². The maximum Gasteiger partial charge on any atom is 0.224 e. The van der Waals surface area contributed by atoms with Crippen molar-refractivity contribution < 1.29 is 8.42 Å². The standard InChI is InChI=1S/C22H22N4O2S.2ClH/c23-16-10-12-26(13-11-16)17-8-9-20-19(14-17)22(25-24-20)29(27,28)21-7-3-5-15-4-1-2-6-18(15)21;;/h1-9,14,16H,10-13,23H2,(H,24,25);2*1H. The molecule has 4 aromatic rings. The minimum atomic E-state index is -3.76. The molecular formula is C22H24Cl2N4O2S. The number of fused-ring (bicyclic) bond motifs is 2. The second-order valence-electron chi connectivity index (χ2n) is 7.56. The van der Waals surface area contributed by atoms with Gasteiger partial charge in [-0.3, -0.25) is 5.10 Å². The predicted octanol–water partition coefficient (Wildman–Crippen LogP) is 4.32. The zero-order chi connectivity index (χ0) is 20.0. The Morgan fingerprint density at radius 2 is 1.65 bits per heavy atom. The molecule has 1 aliphatic heterocycles. The molecule has 1 saturated heterocycles. The molecule has 0 radical (unpaired) electrons. The van der Waals surface area contributed by atoms with Crippen LogP contribution in [0.4, 0.5) is 5.69 Å². The summed E-state index contributed by atoms with van der Waals surface area (Å²) < 4.78 is 27.1. The van der Waals surface area contributed by atoms with E-state index in [9.17, 15) is 8.42 Å². The van der Waals surface area contributed by atoms with Crippen LogP contribution in [0.5, 0.6) is 0 Å². The van der Waals surface area contributed by atoms with Crippen molar-refractivity contribution in [1.29, 1.82) is 0 Å². The highest BCUT2D eigenvalue weighted by Crippen LogP contribution is 2.33. The Morgan fingerprint density at radius 3 is 2.42 bits per heavy atom. The van der Waals surface area contributed by atoms with Crippen LogP contribution < -0.4 is 10.6 Å². The molecular weight excluding hydrogens is 455 g/mol. The number of rotatable bonds is 3. The average molecular weight is 479 g/mol. The van der Waals surface area contributed by atoms with Crippen molar-refractivity contribution in [3.8, 4) is 0 Å². The average Bonchev–Trinajstić information content (AvgIpc) is 3.18. The summed E-state index contributed by atoms with van der Waals surface area (Å²) in [6, 6.07) is 18.9. The van der Waals surface area contributed by atoms with Gasteiger partial charge in [-0.05, 0) is 42.5 Å². The number of halogens is 2. The van der Waals surface area contributed by atoms with E-state index in [2.05, 4.69) is 15.1 Å². The number of nitrogens with zero attached hydrogens (tertiary/aromatic N) is 2. The highest BCUT2D eigenvalue weighted by molar-refractivity contribution is 7.91. The van der Waals surface area contributed by atoms with Gasteiger partial charge in [0.25, 0.3) is 0 Å². The zero-order valence-corrected chi connectivity index (χ0v) is 19.1. The normalized spacial score (nSPS) is 14.9. The molecule has 1 aliphatic rings. The first kappa shape index (κ1) is 23.3. The number of benzene rings is 3. The first-order valence-electron chi connectivity index (χ1n) is 9.75. The Labute approximate surface area is 193 Å². The fourth-order valence-electron chi connectivity index (χ4n) is 4.07. The van der Waals surface area contributed by atoms with E-state index < -0.39 is 9.84 Å². The number of hydrogen-bond acceptors (Lipinski definition) is 5. The highest BCUT2D eigenvalue weighted by Gasteiger charge is 2.26. The maximum absolute atomic E-state index is 13.6. The lowest BCUT2D eigenvalue weighted by Gasteiger charge is -2.32. The van der Waals surface area contributed by atoms with Crippen LogP contribution in [-0.4, -0.2) is 37.7 Å². The number of nitrogens with two attached hydrogens (primary N) is 1. The third-order valence-electron chi connectivity index (χ3n) is 5.72. The van der Waals surface area contributed by atoms with Crippen LogP contribution in [0.25, 0.3) is 21.7 Å². The molecule has 164 valence electrons. The van der Waals surface area contributed by atoms with Crippen LogP contribution in [0.3, 0.4) is 0 Å². The molecule has 1 aromatic heterocycles. The molecule has 9 heteroatoms. The molecule has 0 spiro atoms. The zero-order valence-electron chi connectivity index (χ0n) is 16.7. The maximum atomic E-state index is 13.6. The Kier molecular flexibility index (Phi) is 6.81. The van der Waals surface area contributed by atoms with E-state index in [0.717, 1.165) is 37.0 Å². The van der Waals surface area contributed by atoms with Gasteiger partial charge in [0.15, 0.2) is 5.03 Å². The van der Waals surface area contributed by atoms with Gasteiger partial charge in [0, 0.05) is 35.6 Å². The Balaban J connectivity index is 0.00000136. The van der Waals surface area contributed by atoms with Crippen LogP contribution in [0.15, 0.2) is 70.6 Å². The third kappa shape index (κ3) is 4.11. The molecule has 2 heterocycles. The van der Waals surface area contributed by atoms with E-state index in [1.165, 1.54) is 0 Å². The van der Waals surface area contributed by atoms with Crippen molar-refractivity contribution in [2.45, 2.75) is 28.8 Å². The van der Waals surface area contributed by atoms with Crippen molar-refractivity contribution in [2.24, 2.45) is 5.73 Å². The summed E-state index contributed by atoms with van der Waals surface area (Å²) in [6.45, 7) is 1.74. The summed E-state index contributed by atoms with van der Waals surface area (Å²) in [7, 11) is -3.76. The monoisotopic (exact) mass is 478 g/mol. The summed E-state index contributed by atoms with van der Waals surface area (Å²) >= 11 is 0. The molecule has 3 N–H and O–H groups in total. The molecule has 0 unspecified atom stereocenters. The number of piperidine rings is 1. The predicted molar refractivity (Wildman–Crippen MR) is 129 cm³/mol. The van der Waals surface area contributed by atoms with Crippen LogP contribution in [-0.2, 0) is 9.84 Å². The number of nitrogens with one attached hydrogen (secondary N) is 1. The van der Waals surface area contributed by atoms with Crippen molar-refractivity contribution in [3.63, 3.8) is 0 Å². The number of sulfone groups is 1. The van der Waals surface area contributed by atoms with Gasteiger partial charge in [-0.15, -0.1) is 24.8 Å². The van der Waals surface area contributed by atoms with E-state index >= 15 is 0 Å². The van der Waals surface area contributed by atoms with Crippen LogP contribution in [0.1, 0.15) is 12.8 Å². The second-order valence-corrected chi connectivity index (χ2v) is 9.41. The van der Waals surface area contributed by atoms with Gasteiger partial charge in [-0.1, -0.05) is 36.4 Å². The molecule has 6 nitrogen and oxygen atoms in total. The van der Waals surface area contributed by atoms with Crippen molar-refractivity contribution in [2.75, 3.05) is 18.0 Å². The quantitative estimate of drug-likeness (QED) is 0.457. The smallest absolute Gasteiger partial charge is 0.224 e. The largest absolute Gasteiger partial charge is 0.371 e. The minimum Gasteiger partial charge on any atom is -0.371 e. The molecule has 1 fully saturated rings. The Bertz CT molecular complexity index is 1310. The number of anilines is 1. The van der Waals surface area contributed by atoms with Gasteiger partial charge < -0.3 is 10.6 Å². The molecule has 3 aromatic carbocycles. The van der Waals surface area contributed by atoms with E-state index in [0.29, 0.717) is 16.3 Å². The van der Waals surface area contributed by atoms with Gasteiger partial charge in [-0.25, -0.2) is 8.42 Å².